The van der Waals surface area contributed by atoms with Crippen molar-refractivity contribution in [2.45, 2.75) is 25.3 Å². The average Bonchev–Trinajstić information content (AvgIpc) is 2.90. The predicted molar refractivity (Wildman–Crippen MR) is 58.9 cm³/mol. The predicted octanol–water partition coefficient (Wildman–Crippen LogP) is 2.97. The summed E-state index contributed by atoms with van der Waals surface area (Å²) in [5, 5.41) is 3.42. The van der Waals surface area contributed by atoms with Crippen LogP contribution in [0.3, 0.4) is 0 Å². The molecule has 1 aliphatic rings. The molecule has 2 heteroatoms. The van der Waals surface area contributed by atoms with Gasteiger partial charge in [0.05, 0.1) is 0 Å². The summed E-state index contributed by atoms with van der Waals surface area (Å²) in [6.07, 6.45) is 2.53. The van der Waals surface area contributed by atoms with E-state index in [4.69, 9.17) is 0 Å². The SMILES string of the molecule is CNC1(c2cccc(Br)c2C)CC1. The second-order valence-corrected chi connectivity index (χ2v) is 4.60. The van der Waals surface area contributed by atoms with Gasteiger partial charge in [-0.2, -0.15) is 0 Å². The molecule has 0 atom stereocenters. The lowest BCUT2D eigenvalue weighted by Gasteiger charge is -2.17. The zero-order valence-corrected chi connectivity index (χ0v) is 9.61. The van der Waals surface area contributed by atoms with Crippen LogP contribution in [0.2, 0.25) is 0 Å². The van der Waals surface area contributed by atoms with Crippen molar-refractivity contribution in [3.8, 4) is 0 Å². The van der Waals surface area contributed by atoms with Crippen molar-refractivity contribution < 1.29 is 0 Å². The first-order valence-electron chi connectivity index (χ1n) is 4.64. The normalized spacial score (nSPS) is 18.7. The van der Waals surface area contributed by atoms with Crippen molar-refractivity contribution in [1.82, 2.24) is 5.32 Å². The third kappa shape index (κ3) is 1.42. The van der Waals surface area contributed by atoms with Crippen LogP contribution in [0.5, 0.6) is 0 Å². The molecule has 0 aliphatic heterocycles. The van der Waals surface area contributed by atoms with Crippen molar-refractivity contribution in [3.63, 3.8) is 0 Å². The molecule has 1 fully saturated rings. The summed E-state index contributed by atoms with van der Waals surface area (Å²) in [5.74, 6) is 0. The molecule has 13 heavy (non-hydrogen) atoms. The summed E-state index contributed by atoms with van der Waals surface area (Å²) in [6.45, 7) is 2.18. The highest BCUT2D eigenvalue weighted by atomic mass is 79.9. The molecule has 0 spiro atoms. The number of hydrogen-bond acceptors (Lipinski definition) is 1. The van der Waals surface area contributed by atoms with Gasteiger partial charge in [-0.05, 0) is 44.0 Å². The van der Waals surface area contributed by atoms with E-state index in [0.717, 1.165) is 0 Å². The van der Waals surface area contributed by atoms with E-state index in [1.807, 2.05) is 7.05 Å². The van der Waals surface area contributed by atoms with Gasteiger partial charge in [-0.15, -0.1) is 0 Å². The molecule has 0 radical (unpaired) electrons. The second kappa shape index (κ2) is 3.10. The Hall–Kier alpha value is -0.340. The first-order valence-corrected chi connectivity index (χ1v) is 5.43. The van der Waals surface area contributed by atoms with Gasteiger partial charge in [-0.3, -0.25) is 0 Å². The molecule has 1 aromatic carbocycles. The van der Waals surface area contributed by atoms with Crippen molar-refractivity contribution in [1.29, 1.82) is 0 Å². The molecule has 1 nitrogen and oxygen atoms in total. The second-order valence-electron chi connectivity index (χ2n) is 3.74. The van der Waals surface area contributed by atoms with Crippen molar-refractivity contribution >= 4 is 15.9 Å². The molecule has 0 heterocycles. The molecule has 0 amide bonds. The monoisotopic (exact) mass is 239 g/mol. The molecule has 70 valence electrons. The van der Waals surface area contributed by atoms with Crippen molar-refractivity contribution in [2.24, 2.45) is 0 Å². The van der Waals surface area contributed by atoms with Gasteiger partial charge >= 0.3 is 0 Å². The van der Waals surface area contributed by atoms with E-state index in [1.165, 1.54) is 28.4 Å². The third-order valence-corrected chi connectivity index (χ3v) is 3.87. The van der Waals surface area contributed by atoms with Gasteiger partial charge in [0.1, 0.15) is 0 Å². The first-order chi connectivity index (χ1) is 6.19. The van der Waals surface area contributed by atoms with Crippen LogP contribution in [0.1, 0.15) is 24.0 Å². The van der Waals surface area contributed by atoms with Gasteiger partial charge in [-0.1, -0.05) is 28.1 Å². The van der Waals surface area contributed by atoms with Crippen LogP contribution < -0.4 is 5.32 Å². The number of halogens is 1. The third-order valence-electron chi connectivity index (χ3n) is 3.01. The minimum Gasteiger partial charge on any atom is -0.310 e. The molecule has 0 aromatic heterocycles. The van der Waals surface area contributed by atoms with E-state index >= 15 is 0 Å². The van der Waals surface area contributed by atoms with E-state index in [0.29, 0.717) is 0 Å². The van der Waals surface area contributed by atoms with Gasteiger partial charge in [0.2, 0.25) is 0 Å². The van der Waals surface area contributed by atoms with E-state index < -0.39 is 0 Å². The van der Waals surface area contributed by atoms with Crippen LogP contribution in [-0.4, -0.2) is 7.05 Å². The summed E-state index contributed by atoms with van der Waals surface area (Å²) in [7, 11) is 2.05. The minimum absolute atomic E-state index is 0.286. The summed E-state index contributed by atoms with van der Waals surface area (Å²) >= 11 is 3.57. The summed E-state index contributed by atoms with van der Waals surface area (Å²) in [6, 6.07) is 6.44. The van der Waals surface area contributed by atoms with E-state index in [-0.39, 0.29) is 5.54 Å². The number of rotatable bonds is 2. The lowest BCUT2D eigenvalue weighted by atomic mass is 10.00. The Morgan fingerprint density at radius 2 is 2.08 bits per heavy atom. The van der Waals surface area contributed by atoms with Crippen LogP contribution in [0.25, 0.3) is 0 Å². The largest absolute Gasteiger partial charge is 0.310 e. The highest BCUT2D eigenvalue weighted by Gasteiger charge is 2.43. The lowest BCUT2D eigenvalue weighted by molar-refractivity contribution is 0.582. The summed E-state index contributed by atoms with van der Waals surface area (Å²) in [4.78, 5) is 0. The minimum atomic E-state index is 0.286. The maximum atomic E-state index is 3.57. The zero-order chi connectivity index (χ0) is 9.47. The van der Waals surface area contributed by atoms with Crippen molar-refractivity contribution in [3.05, 3.63) is 33.8 Å². The molecule has 0 saturated heterocycles. The Morgan fingerprint density at radius 3 is 2.62 bits per heavy atom. The maximum Gasteiger partial charge on any atom is 0.0436 e. The highest BCUT2D eigenvalue weighted by Crippen LogP contribution is 2.47. The molecular weight excluding hydrogens is 226 g/mol. The Kier molecular flexibility index (Phi) is 2.20. The Labute approximate surface area is 87.7 Å². The van der Waals surface area contributed by atoms with Crippen LogP contribution >= 0.6 is 15.9 Å². The number of benzene rings is 1. The van der Waals surface area contributed by atoms with E-state index in [9.17, 15) is 0 Å². The molecule has 1 aliphatic carbocycles. The van der Waals surface area contributed by atoms with Gasteiger partial charge in [0.25, 0.3) is 0 Å². The first kappa shape index (κ1) is 9.22. The smallest absolute Gasteiger partial charge is 0.0436 e. The Bertz CT molecular complexity index is 329. The molecule has 1 saturated carbocycles. The molecule has 2 rings (SSSR count). The highest BCUT2D eigenvalue weighted by molar-refractivity contribution is 9.10. The molecule has 0 bridgehead atoms. The molecular formula is C11H14BrN. The van der Waals surface area contributed by atoms with Crippen LogP contribution in [0.4, 0.5) is 0 Å². The fourth-order valence-corrected chi connectivity index (χ4v) is 2.27. The fraction of sp³-hybridized carbons (Fsp3) is 0.455. The van der Waals surface area contributed by atoms with Gasteiger partial charge in [-0.25, -0.2) is 0 Å². The van der Waals surface area contributed by atoms with Gasteiger partial charge in [0.15, 0.2) is 0 Å². The maximum absolute atomic E-state index is 3.57. The Balaban J connectivity index is 2.46. The van der Waals surface area contributed by atoms with E-state index in [1.54, 1.807) is 0 Å². The zero-order valence-electron chi connectivity index (χ0n) is 8.02. The number of nitrogens with one attached hydrogen (secondary N) is 1. The summed E-state index contributed by atoms with van der Waals surface area (Å²) in [5.41, 5.74) is 3.10. The quantitative estimate of drug-likeness (QED) is 0.837. The molecule has 1 aromatic rings. The summed E-state index contributed by atoms with van der Waals surface area (Å²) < 4.78 is 1.21. The topological polar surface area (TPSA) is 12.0 Å². The number of hydrogen-bond donors (Lipinski definition) is 1. The fourth-order valence-electron chi connectivity index (χ4n) is 1.90. The molecule has 0 unspecified atom stereocenters. The average molecular weight is 240 g/mol. The Morgan fingerprint density at radius 1 is 1.38 bits per heavy atom. The van der Waals surface area contributed by atoms with Gasteiger partial charge < -0.3 is 5.32 Å². The standard InChI is InChI=1S/C11H14BrN/c1-8-9(4-3-5-10(8)12)11(13-2)6-7-11/h3-5,13H,6-7H2,1-2H3. The van der Waals surface area contributed by atoms with Crippen molar-refractivity contribution in [2.75, 3.05) is 7.05 Å². The lowest BCUT2D eigenvalue weighted by Crippen LogP contribution is -2.25. The molecule has 1 N–H and O–H groups in total. The van der Waals surface area contributed by atoms with Crippen LogP contribution in [0, 0.1) is 6.92 Å². The van der Waals surface area contributed by atoms with Crippen LogP contribution in [-0.2, 0) is 5.54 Å². The van der Waals surface area contributed by atoms with Crippen LogP contribution in [0.15, 0.2) is 22.7 Å². The van der Waals surface area contributed by atoms with E-state index in [2.05, 4.69) is 46.4 Å². The van der Waals surface area contributed by atoms with Gasteiger partial charge in [0, 0.05) is 10.0 Å².